The quantitative estimate of drug-likeness (QED) is 0.702. The van der Waals surface area contributed by atoms with E-state index in [1.165, 1.54) is 0 Å². The maximum atomic E-state index is 4.43. The third-order valence-electron chi connectivity index (χ3n) is 2.30. The average Bonchev–Trinajstić information content (AvgIpc) is 3.01. The molecule has 4 heteroatoms. The predicted octanol–water partition coefficient (Wildman–Crippen LogP) is 2.06. The highest BCUT2D eigenvalue weighted by molar-refractivity contribution is 5.48. The van der Waals surface area contributed by atoms with Crippen LogP contribution < -0.4 is 0 Å². The Balaban J connectivity index is 2.00. The van der Waals surface area contributed by atoms with Gasteiger partial charge in [0.25, 0.3) is 0 Å². The van der Waals surface area contributed by atoms with Crippen LogP contribution in [0.2, 0.25) is 0 Å². The van der Waals surface area contributed by atoms with E-state index in [1.807, 2.05) is 47.3 Å². The van der Waals surface area contributed by atoms with Gasteiger partial charge >= 0.3 is 0 Å². The SMILES string of the molecule is [c]1c[nH]c(-c2ccn(-c3ccccc3)n2)n1. The fourth-order valence-electron chi connectivity index (χ4n) is 1.54. The van der Waals surface area contributed by atoms with Gasteiger partial charge in [-0.2, -0.15) is 5.10 Å². The largest absolute Gasteiger partial charge is 0.343 e. The Morgan fingerprint density at radius 3 is 2.75 bits per heavy atom. The lowest BCUT2D eigenvalue weighted by atomic mass is 10.3. The zero-order valence-corrected chi connectivity index (χ0v) is 8.46. The van der Waals surface area contributed by atoms with E-state index in [0.29, 0.717) is 0 Å². The first-order valence-corrected chi connectivity index (χ1v) is 4.96. The smallest absolute Gasteiger partial charge is 0.158 e. The normalized spacial score (nSPS) is 10.5. The molecule has 0 aliphatic heterocycles. The Labute approximate surface area is 92.6 Å². The Hall–Kier alpha value is -2.36. The maximum Gasteiger partial charge on any atom is 0.158 e. The molecule has 1 aromatic carbocycles. The van der Waals surface area contributed by atoms with Crippen molar-refractivity contribution in [2.75, 3.05) is 0 Å². The molecule has 2 aromatic heterocycles. The Bertz CT molecular complexity index is 566. The lowest BCUT2D eigenvalue weighted by Crippen LogP contribution is -1.94. The molecule has 0 unspecified atom stereocenters. The van der Waals surface area contributed by atoms with Crippen LogP contribution in [0.1, 0.15) is 0 Å². The van der Waals surface area contributed by atoms with Crippen LogP contribution in [0.15, 0.2) is 48.8 Å². The monoisotopic (exact) mass is 209 g/mol. The van der Waals surface area contributed by atoms with E-state index in [9.17, 15) is 0 Å². The molecule has 0 bridgehead atoms. The molecular formula is C12H9N4. The van der Waals surface area contributed by atoms with Crippen LogP contribution in [0.4, 0.5) is 0 Å². The van der Waals surface area contributed by atoms with Crippen LogP contribution in [-0.2, 0) is 0 Å². The molecule has 0 fully saturated rings. The summed E-state index contributed by atoms with van der Waals surface area (Å²) in [6.45, 7) is 0. The second kappa shape index (κ2) is 3.66. The minimum absolute atomic E-state index is 0.731. The molecule has 0 saturated carbocycles. The number of aromatic nitrogens is 4. The first-order valence-electron chi connectivity index (χ1n) is 4.96. The van der Waals surface area contributed by atoms with E-state index in [2.05, 4.69) is 21.3 Å². The first kappa shape index (κ1) is 8.91. The fraction of sp³-hybridized carbons (Fsp3) is 0. The van der Waals surface area contributed by atoms with Crippen molar-refractivity contribution in [3.63, 3.8) is 0 Å². The summed E-state index contributed by atoms with van der Waals surface area (Å²) in [5, 5.41) is 4.43. The first-order chi connectivity index (χ1) is 7.93. The van der Waals surface area contributed by atoms with Gasteiger partial charge in [-0.15, -0.1) is 0 Å². The molecule has 3 rings (SSSR count). The number of hydrogen-bond acceptors (Lipinski definition) is 2. The van der Waals surface area contributed by atoms with E-state index in [1.54, 1.807) is 6.20 Å². The van der Waals surface area contributed by atoms with Gasteiger partial charge in [0.05, 0.1) is 5.69 Å². The van der Waals surface area contributed by atoms with Crippen LogP contribution in [0.3, 0.4) is 0 Å². The maximum absolute atomic E-state index is 4.43. The highest BCUT2D eigenvalue weighted by Crippen LogP contribution is 2.13. The summed E-state index contributed by atoms with van der Waals surface area (Å²) in [7, 11) is 0. The molecule has 0 amide bonds. The number of H-pyrrole nitrogens is 1. The number of imidazole rings is 1. The van der Waals surface area contributed by atoms with E-state index in [-0.39, 0.29) is 0 Å². The Morgan fingerprint density at radius 2 is 2.00 bits per heavy atom. The molecule has 0 aliphatic carbocycles. The molecule has 2 heterocycles. The number of aromatic amines is 1. The molecule has 16 heavy (non-hydrogen) atoms. The minimum Gasteiger partial charge on any atom is -0.343 e. The van der Waals surface area contributed by atoms with Crippen molar-refractivity contribution < 1.29 is 0 Å². The van der Waals surface area contributed by atoms with Gasteiger partial charge in [0.1, 0.15) is 11.9 Å². The molecule has 0 aliphatic rings. The number of benzene rings is 1. The van der Waals surface area contributed by atoms with Gasteiger partial charge in [-0.3, -0.25) is 0 Å². The highest BCUT2D eigenvalue weighted by Gasteiger charge is 2.04. The van der Waals surface area contributed by atoms with Crippen molar-refractivity contribution in [2.24, 2.45) is 0 Å². The summed E-state index contributed by atoms with van der Waals surface area (Å²) in [4.78, 5) is 7.01. The van der Waals surface area contributed by atoms with Gasteiger partial charge in [-0.05, 0) is 18.2 Å². The molecule has 0 saturated heterocycles. The zero-order valence-electron chi connectivity index (χ0n) is 8.46. The van der Waals surface area contributed by atoms with Gasteiger partial charge in [-0.1, -0.05) is 18.2 Å². The summed E-state index contributed by atoms with van der Waals surface area (Å²) >= 11 is 0. The number of hydrogen-bond donors (Lipinski definition) is 1. The summed E-state index contributed by atoms with van der Waals surface area (Å²) < 4.78 is 1.82. The van der Waals surface area contributed by atoms with E-state index in [0.717, 1.165) is 17.2 Å². The van der Waals surface area contributed by atoms with Crippen LogP contribution >= 0.6 is 0 Å². The Morgan fingerprint density at radius 1 is 1.12 bits per heavy atom. The van der Waals surface area contributed by atoms with E-state index < -0.39 is 0 Å². The van der Waals surface area contributed by atoms with Crippen molar-refractivity contribution >= 4 is 0 Å². The van der Waals surface area contributed by atoms with Gasteiger partial charge in [0.2, 0.25) is 0 Å². The summed E-state index contributed by atoms with van der Waals surface area (Å²) in [5.74, 6) is 0.731. The fourth-order valence-corrected chi connectivity index (χ4v) is 1.54. The van der Waals surface area contributed by atoms with E-state index >= 15 is 0 Å². The molecule has 4 nitrogen and oxygen atoms in total. The average molecular weight is 209 g/mol. The molecular weight excluding hydrogens is 200 g/mol. The molecule has 77 valence electrons. The van der Waals surface area contributed by atoms with Gasteiger partial charge in [-0.25, -0.2) is 9.67 Å². The summed E-state index contributed by atoms with van der Waals surface area (Å²) in [5.41, 5.74) is 1.84. The zero-order chi connectivity index (χ0) is 10.8. The van der Waals surface area contributed by atoms with Crippen molar-refractivity contribution in [2.45, 2.75) is 0 Å². The minimum atomic E-state index is 0.731. The highest BCUT2D eigenvalue weighted by atomic mass is 15.3. The number of para-hydroxylation sites is 1. The van der Waals surface area contributed by atoms with Crippen molar-refractivity contribution in [1.29, 1.82) is 0 Å². The third-order valence-corrected chi connectivity index (χ3v) is 2.30. The van der Waals surface area contributed by atoms with Crippen molar-refractivity contribution in [3.8, 4) is 17.2 Å². The molecule has 1 N–H and O–H groups in total. The standard InChI is InChI=1S/C12H9N4/c1-2-4-10(5-3-1)16-9-6-11(15-16)12-13-7-8-14-12/h1-7,9H,(H,13,14). The summed E-state index contributed by atoms with van der Waals surface area (Å²) in [6.07, 6.45) is 6.30. The summed E-state index contributed by atoms with van der Waals surface area (Å²) in [6, 6.07) is 11.9. The molecule has 0 atom stereocenters. The van der Waals surface area contributed by atoms with Crippen LogP contribution in [0, 0.1) is 6.20 Å². The number of nitrogens with zero attached hydrogens (tertiary/aromatic N) is 3. The lowest BCUT2D eigenvalue weighted by Gasteiger charge is -1.98. The van der Waals surface area contributed by atoms with E-state index in [4.69, 9.17) is 0 Å². The van der Waals surface area contributed by atoms with Gasteiger partial charge < -0.3 is 4.98 Å². The molecule has 0 spiro atoms. The van der Waals surface area contributed by atoms with Gasteiger partial charge in [0, 0.05) is 12.4 Å². The predicted molar refractivity (Wildman–Crippen MR) is 60.0 cm³/mol. The van der Waals surface area contributed by atoms with Crippen LogP contribution in [0.25, 0.3) is 17.2 Å². The van der Waals surface area contributed by atoms with Crippen molar-refractivity contribution in [3.05, 3.63) is 55.0 Å². The van der Waals surface area contributed by atoms with Crippen LogP contribution in [0.5, 0.6) is 0 Å². The molecule has 3 aromatic rings. The topological polar surface area (TPSA) is 46.5 Å². The lowest BCUT2D eigenvalue weighted by molar-refractivity contribution is 0.881. The third kappa shape index (κ3) is 1.50. The van der Waals surface area contributed by atoms with Crippen LogP contribution in [-0.4, -0.2) is 19.7 Å². The second-order valence-electron chi connectivity index (χ2n) is 3.36. The number of nitrogens with one attached hydrogen (secondary N) is 1. The van der Waals surface area contributed by atoms with Gasteiger partial charge in [0.15, 0.2) is 5.82 Å². The molecule has 1 radical (unpaired) electrons. The van der Waals surface area contributed by atoms with Crippen molar-refractivity contribution in [1.82, 2.24) is 19.7 Å². The second-order valence-corrected chi connectivity index (χ2v) is 3.36. The number of rotatable bonds is 2. The Kier molecular flexibility index (Phi) is 2.04.